The molecule has 0 saturated carbocycles. The first kappa shape index (κ1) is 11.9. The molecule has 0 aliphatic heterocycles. The van der Waals surface area contributed by atoms with Crippen LogP contribution in [-0.4, -0.2) is 9.97 Å². The van der Waals surface area contributed by atoms with Gasteiger partial charge in [-0.2, -0.15) is 0 Å². The minimum Gasteiger partial charge on any atom is -0.367 e. The van der Waals surface area contributed by atoms with Crippen molar-refractivity contribution >= 4 is 27.9 Å². The van der Waals surface area contributed by atoms with Crippen LogP contribution in [0.2, 0.25) is 0 Å². The fourth-order valence-corrected chi connectivity index (χ4v) is 2.69. The molecule has 1 aromatic carbocycles. The average molecular weight is 271 g/mol. The molecule has 5 heteroatoms. The molecule has 3 rings (SSSR count). The van der Waals surface area contributed by atoms with Crippen molar-refractivity contribution in [3.63, 3.8) is 0 Å². The molecule has 0 amide bonds. The molecule has 96 valence electrons. The highest BCUT2D eigenvalue weighted by Crippen LogP contribution is 2.16. The van der Waals surface area contributed by atoms with Crippen LogP contribution in [0.3, 0.4) is 0 Å². The smallest absolute Gasteiger partial charge is 0.257 e. The molecule has 0 saturated heterocycles. The lowest BCUT2D eigenvalue weighted by Gasteiger charge is -2.06. The maximum atomic E-state index is 11.9. The van der Waals surface area contributed by atoms with Crippen molar-refractivity contribution in [1.82, 2.24) is 9.97 Å². The summed E-state index contributed by atoms with van der Waals surface area (Å²) in [5.74, 6) is 0.733. The van der Waals surface area contributed by atoms with Crippen LogP contribution in [0, 0.1) is 6.92 Å². The summed E-state index contributed by atoms with van der Waals surface area (Å²) < 4.78 is 0. The largest absolute Gasteiger partial charge is 0.367 e. The van der Waals surface area contributed by atoms with Gasteiger partial charge in [0.1, 0.15) is 5.82 Å². The Bertz CT molecular complexity index is 775. The SMILES string of the molecule is Cc1ncsc1CNc1cc2ccccc2c(=O)[nH]1. The molecule has 0 aliphatic carbocycles. The summed E-state index contributed by atoms with van der Waals surface area (Å²) in [4.78, 5) is 20.2. The van der Waals surface area contributed by atoms with E-state index in [1.165, 1.54) is 4.88 Å². The molecule has 0 atom stereocenters. The molecule has 2 heterocycles. The van der Waals surface area contributed by atoms with Gasteiger partial charge in [0.25, 0.3) is 5.56 Å². The molecule has 0 spiro atoms. The molecule has 0 unspecified atom stereocenters. The van der Waals surface area contributed by atoms with Crippen molar-refractivity contribution < 1.29 is 0 Å². The fraction of sp³-hybridized carbons (Fsp3) is 0.143. The number of nitrogens with one attached hydrogen (secondary N) is 2. The van der Waals surface area contributed by atoms with Crippen LogP contribution in [0.15, 0.2) is 40.6 Å². The summed E-state index contributed by atoms with van der Waals surface area (Å²) in [5, 5.41) is 4.89. The Morgan fingerprint density at radius 2 is 2.21 bits per heavy atom. The van der Waals surface area contributed by atoms with Gasteiger partial charge in [-0.3, -0.25) is 4.79 Å². The molecule has 4 nitrogen and oxygen atoms in total. The number of thiazole rings is 1. The Kier molecular flexibility index (Phi) is 3.05. The summed E-state index contributed by atoms with van der Waals surface area (Å²) in [6.45, 7) is 2.65. The van der Waals surface area contributed by atoms with Crippen LogP contribution in [0.4, 0.5) is 5.82 Å². The van der Waals surface area contributed by atoms with Gasteiger partial charge in [0.15, 0.2) is 0 Å². The number of H-pyrrole nitrogens is 1. The molecule has 0 radical (unpaired) electrons. The van der Waals surface area contributed by atoms with E-state index in [0.29, 0.717) is 11.9 Å². The number of rotatable bonds is 3. The summed E-state index contributed by atoms with van der Waals surface area (Å²) >= 11 is 1.61. The molecule has 19 heavy (non-hydrogen) atoms. The number of fused-ring (bicyclic) bond motifs is 1. The lowest BCUT2D eigenvalue weighted by Crippen LogP contribution is -2.10. The normalized spacial score (nSPS) is 10.8. The van der Waals surface area contributed by atoms with Gasteiger partial charge in [0.2, 0.25) is 0 Å². The lowest BCUT2D eigenvalue weighted by atomic mass is 10.2. The van der Waals surface area contributed by atoms with E-state index in [-0.39, 0.29) is 5.56 Å². The van der Waals surface area contributed by atoms with Crippen molar-refractivity contribution in [1.29, 1.82) is 0 Å². The third kappa shape index (κ3) is 2.37. The van der Waals surface area contributed by atoms with Gasteiger partial charge in [-0.1, -0.05) is 18.2 Å². The summed E-state index contributed by atoms with van der Waals surface area (Å²) in [5.41, 5.74) is 2.79. The number of aromatic amines is 1. The van der Waals surface area contributed by atoms with E-state index in [9.17, 15) is 4.79 Å². The number of hydrogen-bond donors (Lipinski definition) is 2. The highest BCUT2D eigenvalue weighted by molar-refractivity contribution is 7.09. The number of aromatic nitrogens is 2. The number of anilines is 1. The lowest BCUT2D eigenvalue weighted by molar-refractivity contribution is 1.09. The van der Waals surface area contributed by atoms with Crippen molar-refractivity contribution in [2.24, 2.45) is 0 Å². The topological polar surface area (TPSA) is 57.8 Å². The van der Waals surface area contributed by atoms with Gasteiger partial charge in [0, 0.05) is 10.3 Å². The third-order valence-electron chi connectivity index (χ3n) is 3.04. The third-order valence-corrected chi connectivity index (χ3v) is 3.97. The first-order valence-electron chi connectivity index (χ1n) is 5.99. The van der Waals surface area contributed by atoms with E-state index < -0.39 is 0 Å². The number of nitrogens with zero attached hydrogens (tertiary/aromatic N) is 1. The van der Waals surface area contributed by atoms with Gasteiger partial charge in [0.05, 0.1) is 17.7 Å². The molecule has 2 N–H and O–H groups in total. The molecule has 0 aliphatic rings. The quantitative estimate of drug-likeness (QED) is 0.770. The molecular weight excluding hydrogens is 258 g/mol. The second-order valence-electron chi connectivity index (χ2n) is 4.31. The van der Waals surface area contributed by atoms with Crippen molar-refractivity contribution in [3.8, 4) is 0 Å². The number of pyridine rings is 1. The molecule has 0 bridgehead atoms. The zero-order valence-electron chi connectivity index (χ0n) is 10.4. The predicted molar refractivity (Wildman–Crippen MR) is 78.7 cm³/mol. The van der Waals surface area contributed by atoms with Gasteiger partial charge < -0.3 is 10.3 Å². The maximum absolute atomic E-state index is 11.9. The van der Waals surface area contributed by atoms with E-state index in [1.54, 1.807) is 11.3 Å². The van der Waals surface area contributed by atoms with E-state index in [2.05, 4.69) is 15.3 Å². The van der Waals surface area contributed by atoms with E-state index >= 15 is 0 Å². The predicted octanol–water partition coefficient (Wildman–Crippen LogP) is 2.91. The van der Waals surface area contributed by atoms with Crippen LogP contribution in [0.25, 0.3) is 10.8 Å². The van der Waals surface area contributed by atoms with Crippen LogP contribution >= 0.6 is 11.3 Å². The van der Waals surface area contributed by atoms with Crippen LogP contribution in [-0.2, 0) is 6.54 Å². The minimum atomic E-state index is -0.0679. The van der Waals surface area contributed by atoms with Gasteiger partial charge in [-0.15, -0.1) is 11.3 Å². The first-order chi connectivity index (χ1) is 9.24. The van der Waals surface area contributed by atoms with Crippen molar-refractivity contribution in [2.75, 3.05) is 5.32 Å². The highest BCUT2D eigenvalue weighted by atomic mass is 32.1. The number of aryl methyl sites for hydroxylation is 1. The monoisotopic (exact) mass is 271 g/mol. The zero-order chi connectivity index (χ0) is 13.2. The van der Waals surface area contributed by atoms with E-state index in [0.717, 1.165) is 16.9 Å². The van der Waals surface area contributed by atoms with Crippen LogP contribution in [0.1, 0.15) is 10.6 Å². The molecular formula is C14H13N3OS. The summed E-state index contributed by atoms with van der Waals surface area (Å²) in [7, 11) is 0. The standard InChI is InChI=1S/C14H13N3OS/c1-9-12(19-8-16-9)7-15-13-6-10-4-2-3-5-11(10)14(18)17-13/h2-6,8H,7H2,1H3,(H2,15,17,18). The van der Waals surface area contributed by atoms with E-state index in [4.69, 9.17) is 0 Å². The fourth-order valence-electron chi connectivity index (χ4n) is 1.98. The first-order valence-corrected chi connectivity index (χ1v) is 6.87. The Balaban J connectivity index is 1.90. The van der Waals surface area contributed by atoms with Gasteiger partial charge >= 0.3 is 0 Å². The summed E-state index contributed by atoms with van der Waals surface area (Å²) in [6.07, 6.45) is 0. The second kappa shape index (κ2) is 4.85. The second-order valence-corrected chi connectivity index (χ2v) is 5.25. The maximum Gasteiger partial charge on any atom is 0.257 e. The van der Waals surface area contributed by atoms with Gasteiger partial charge in [-0.25, -0.2) is 4.98 Å². The Morgan fingerprint density at radius 1 is 1.37 bits per heavy atom. The molecule has 3 aromatic rings. The Hall–Kier alpha value is -2.14. The minimum absolute atomic E-state index is 0.0679. The van der Waals surface area contributed by atoms with Crippen LogP contribution in [0.5, 0.6) is 0 Å². The van der Waals surface area contributed by atoms with Crippen LogP contribution < -0.4 is 10.9 Å². The van der Waals surface area contributed by atoms with Crippen molar-refractivity contribution in [2.45, 2.75) is 13.5 Å². The Labute approximate surface area is 114 Å². The molecule has 2 aromatic heterocycles. The van der Waals surface area contributed by atoms with Crippen molar-refractivity contribution in [3.05, 3.63) is 56.8 Å². The Morgan fingerprint density at radius 3 is 3.00 bits per heavy atom. The molecule has 0 fully saturated rings. The number of hydrogen-bond acceptors (Lipinski definition) is 4. The average Bonchev–Trinajstić information content (AvgIpc) is 2.82. The highest BCUT2D eigenvalue weighted by Gasteiger charge is 2.03. The number of benzene rings is 1. The van der Waals surface area contributed by atoms with Gasteiger partial charge in [-0.05, 0) is 24.4 Å². The van der Waals surface area contributed by atoms with E-state index in [1.807, 2.05) is 42.8 Å². The zero-order valence-corrected chi connectivity index (χ0v) is 11.3. The summed E-state index contributed by atoms with van der Waals surface area (Å²) in [6, 6.07) is 9.51.